The Morgan fingerprint density at radius 3 is 2.50 bits per heavy atom. The SMILES string of the molecule is CC(=O)N1CCC(Nc2cccc(N3CCCCC3)c2)CC1. The molecule has 120 valence electrons. The minimum atomic E-state index is 0.200. The molecule has 0 spiro atoms. The summed E-state index contributed by atoms with van der Waals surface area (Å²) in [7, 11) is 0. The number of amides is 1. The largest absolute Gasteiger partial charge is 0.382 e. The van der Waals surface area contributed by atoms with Gasteiger partial charge in [0.05, 0.1) is 0 Å². The first-order chi connectivity index (χ1) is 10.7. The van der Waals surface area contributed by atoms with Crippen LogP contribution in [0.2, 0.25) is 0 Å². The second-order valence-corrected chi connectivity index (χ2v) is 6.52. The molecule has 4 heteroatoms. The zero-order valence-corrected chi connectivity index (χ0v) is 13.6. The summed E-state index contributed by atoms with van der Waals surface area (Å²) in [6, 6.07) is 9.28. The number of hydrogen-bond donors (Lipinski definition) is 1. The van der Waals surface area contributed by atoms with E-state index in [2.05, 4.69) is 34.5 Å². The molecular formula is C18H27N3O. The molecule has 0 radical (unpaired) electrons. The Morgan fingerprint density at radius 1 is 1.09 bits per heavy atom. The van der Waals surface area contributed by atoms with E-state index in [4.69, 9.17) is 0 Å². The Kier molecular flexibility index (Phi) is 4.86. The predicted octanol–water partition coefficient (Wildman–Crippen LogP) is 3.10. The number of anilines is 2. The van der Waals surface area contributed by atoms with Gasteiger partial charge < -0.3 is 15.1 Å². The number of likely N-dealkylation sites (tertiary alicyclic amines) is 1. The molecule has 0 aliphatic carbocycles. The highest BCUT2D eigenvalue weighted by atomic mass is 16.2. The molecule has 3 rings (SSSR count). The van der Waals surface area contributed by atoms with Crippen molar-refractivity contribution in [1.82, 2.24) is 4.90 Å². The van der Waals surface area contributed by atoms with Crippen molar-refractivity contribution in [2.75, 3.05) is 36.4 Å². The number of hydrogen-bond acceptors (Lipinski definition) is 3. The summed E-state index contributed by atoms with van der Waals surface area (Å²) in [5.74, 6) is 0.200. The highest BCUT2D eigenvalue weighted by Gasteiger charge is 2.20. The average molecular weight is 301 g/mol. The van der Waals surface area contributed by atoms with Crippen LogP contribution in [0.15, 0.2) is 24.3 Å². The zero-order chi connectivity index (χ0) is 15.4. The summed E-state index contributed by atoms with van der Waals surface area (Å²) < 4.78 is 0. The van der Waals surface area contributed by atoms with E-state index in [0.717, 1.165) is 25.9 Å². The number of carbonyl (C=O) groups is 1. The van der Waals surface area contributed by atoms with Crippen LogP contribution in [-0.4, -0.2) is 43.0 Å². The molecule has 0 atom stereocenters. The van der Waals surface area contributed by atoms with E-state index in [9.17, 15) is 4.79 Å². The summed E-state index contributed by atoms with van der Waals surface area (Å²) in [6.07, 6.45) is 6.05. The lowest BCUT2D eigenvalue weighted by Gasteiger charge is -2.33. The molecule has 2 fully saturated rings. The maximum atomic E-state index is 11.4. The van der Waals surface area contributed by atoms with Crippen LogP contribution < -0.4 is 10.2 Å². The van der Waals surface area contributed by atoms with Crippen LogP contribution in [0, 0.1) is 0 Å². The third-order valence-corrected chi connectivity index (χ3v) is 4.88. The molecule has 2 aliphatic heterocycles. The fraction of sp³-hybridized carbons (Fsp3) is 0.611. The first kappa shape index (κ1) is 15.2. The molecule has 22 heavy (non-hydrogen) atoms. The van der Waals surface area contributed by atoms with Gasteiger partial charge in [0.25, 0.3) is 0 Å². The van der Waals surface area contributed by atoms with Crippen LogP contribution in [0.4, 0.5) is 11.4 Å². The van der Waals surface area contributed by atoms with Crippen LogP contribution in [0.3, 0.4) is 0 Å². The van der Waals surface area contributed by atoms with E-state index in [-0.39, 0.29) is 5.91 Å². The first-order valence-electron chi connectivity index (χ1n) is 8.59. The molecule has 4 nitrogen and oxygen atoms in total. The number of nitrogens with zero attached hydrogens (tertiary/aromatic N) is 2. The molecule has 1 aromatic carbocycles. The molecule has 2 heterocycles. The first-order valence-corrected chi connectivity index (χ1v) is 8.59. The second kappa shape index (κ2) is 7.03. The van der Waals surface area contributed by atoms with Gasteiger partial charge in [-0.3, -0.25) is 4.79 Å². The number of nitrogens with one attached hydrogen (secondary N) is 1. The van der Waals surface area contributed by atoms with Gasteiger partial charge in [0, 0.05) is 50.5 Å². The highest BCUT2D eigenvalue weighted by molar-refractivity contribution is 5.73. The van der Waals surface area contributed by atoms with Crippen molar-refractivity contribution in [2.24, 2.45) is 0 Å². The van der Waals surface area contributed by atoms with Gasteiger partial charge in [-0.05, 0) is 50.3 Å². The quantitative estimate of drug-likeness (QED) is 0.932. The summed E-state index contributed by atoms with van der Waals surface area (Å²) in [6.45, 7) is 5.77. The minimum absolute atomic E-state index is 0.200. The maximum Gasteiger partial charge on any atom is 0.219 e. The lowest BCUT2D eigenvalue weighted by atomic mass is 10.0. The molecule has 0 aromatic heterocycles. The fourth-order valence-corrected chi connectivity index (χ4v) is 3.52. The number of carbonyl (C=O) groups excluding carboxylic acids is 1. The molecule has 1 amide bonds. The van der Waals surface area contributed by atoms with E-state index >= 15 is 0 Å². The summed E-state index contributed by atoms with van der Waals surface area (Å²) >= 11 is 0. The van der Waals surface area contributed by atoms with Crippen molar-refractivity contribution < 1.29 is 4.79 Å². The third-order valence-electron chi connectivity index (χ3n) is 4.88. The van der Waals surface area contributed by atoms with E-state index in [1.807, 2.05) is 4.90 Å². The monoisotopic (exact) mass is 301 g/mol. The van der Waals surface area contributed by atoms with Gasteiger partial charge in [0.1, 0.15) is 0 Å². The summed E-state index contributed by atoms with van der Waals surface area (Å²) in [5, 5.41) is 3.66. The number of piperidine rings is 2. The minimum Gasteiger partial charge on any atom is -0.382 e. The topological polar surface area (TPSA) is 35.6 Å². The fourth-order valence-electron chi connectivity index (χ4n) is 3.52. The second-order valence-electron chi connectivity index (χ2n) is 6.52. The van der Waals surface area contributed by atoms with Crippen molar-refractivity contribution in [3.63, 3.8) is 0 Å². The summed E-state index contributed by atoms with van der Waals surface area (Å²) in [5.41, 5.74) is 2.55. The van der Waals surface area contributed by atoms with Crippen molar-refractivity contribution in [1.29, 1.82) is 0 Å². The lowest BCUT2D eigenvalue weighted by molar-refractivity contribution is -0.129. The van der Waals surface area contributed by atoms with Crippen molar-refractivity contribution in [3.8, 4) is 0 Å². The van der Waals surface area contributed by atoms with Gasteiger partial charge in [0.2, 0.25) is 5.91 Å². The zero-order valence-electron chi connectivity index (χ0n) is 13.6. The molecule has 0 saturated carbocycles. The Morgan fingerprint density at radius 2 is 1.82 bits per heavy atom. The molecule has 0 unspecified atom stereocenters. The van der Waals surface area contributed by atoms with Crippen molar-refractivity contribution in [2.45, 2.75) is 45.1 Å². The standard InChI is InChI=1S/C18H27N3O/c1-15(22)20-12-8-16(9-13-20)19-17-6-5-7-18(14-17)21-10-3-2-4-11-21/h5-7,14,16,19H,2-4,8-13H2,1H3. The predicted molar refractivity (Wildman–Crippen MR) is 91.4 cm³/mol. The molecule has 0 bridgehead atoms. The lowest BCUT2D eigenvalue weighted by Crippen LogP contribution is -2.41. The average Bonchev–Trinajstić information content (AvgIpc) is 2.56. The van der Waals surface area contributed by atoms with Gasteiger partial charge in [-0.2, -0.15) is 0 Å². The maximum absolute atomic E-state index is 11.4. The smallest absolute Gasteiger partial charge is 0.219 e. The van der Waals surface area contributed by atoms with Crippen LogP contribution >= 0.6 is 0 Å². The van der Waals surface area contributed by atoms with E-state index in [1.165, 1.54) is 43.7 Å². The van der Waals surface area contributed by atoms with Crippen LogP contribution in [0.5, 0.6) is 0 Å². The molecule has 1 aromatic rings. The van der Waals surface area contributed by atoms with E-state index in [1.54, 1.807) is 6.92 Å². The van der Waals surface area contributed by atoms with Crippen LogP contribution in [0.25, 0.3) is 0 Å². The Labute approximate surface area is 133 Å². The number of rotatable bonds is 3. The van der Waals surface area contributed by atoms with Crippen LogP contribution in [-0.2, 0) is 4.79 Å². The van der Waals surface area contributed by atoms with E-state index in [0.29, 0.717) is 6.04 Å². The third kappa shape index (κ3) is 3.73. The molecule has 2 saturated heterocycles. The van der Waals surface area contributed by atoms with Gasteiger partial charge in [-0.15, -0.1) is 0 Å². The summed E-state index contributed by atoms with van der Waals surface area (Å²) in [4.78, 5) is 15.8. The number of benzene rings is 1. The molecule has 1 N–H and O–H groups in total. The van der Waals surface area contributed by atoms with Gasteiger partial charge in [-0.25, -0.2) is 0 Å². The normalized spacial score (nSPS) is 20.0. The molecule has 2 aliphatic rings. The van der Waals surface area contributed by atoms with Gasteiger partial charge in [-0.1, -0.05) is 6.07 Å². The van der Waals surface area contributed by atoms with Crippen molar-refractivity contribution >= 4 is 17.3 Å². The Hall–Kier alpha value is -1.71. The van der Waals surface area contributed by atoms with Crippen LogP contribution in [0.1, 0.15) is 39.0 Å². The molecular weight excluding hydrogens is 274 g/mol. The van der Waals surface area contributed by atoms with Gasteiger partial charge in [0.15, 0.2) is 0 Å². The van der Waals surface area contributed by atoms with Crippen molar-refractivity contribution in [3.05, 3.63) is 24.3 Å². The van der Waals surface area contributed by atoms with E-state index < -0.39 is 0 Å². The van der Waals surface area contributed by atoms with Gasteiger partial charge >= 0.3 is 0 Å². The Balaban J connectivity index is 1.58. The highest BCUT2D eigenvalue weighted by Crippen LogP contribution is 2.24. The Bertz CT molecular complexity index is 503.